The predicted octanol–water partition coefficient (Wildman–Crippen LogP) is 3.64. The second kappa shape index (κ2) is 7.59. The van der Waals surface area contributed by atoms with E-state index in [9.17, 15) is 9.59 Å². The topological polar surface area (TPSA) is 88.5 Å². The molecule has 1 aromatic carbocycles. The molecule has 1 fully saturated rings. The number of benzene rings is 1. The standard InChI is InChI=1S/C20H21N5O3/c1-21-19(26)23-18-13-16(6-8-22-18)28-15-4-5-17-14(12-15)7-11-25(17)20(27)24-9-2-3-10-24/h4-8,11-13H,2-3,9-10H2,1H3,(H2,21,22,23,26). The smallest absolute Gasteiger partial charge is 0.328 e. The number of carbonyl (C=O) groups excluding carboxylic acids is 2. The molecule has 2 aromatic heterocycles. The van der Waals surface area contributed by atoms with Gasteiger partial charge in [0.05, 0.1) is 5.52 Å². The summed E-state index contributed by atoms with van der Waals surface area (Å²) in [6.45, 7) is 1.63. The largest absolute Gasteiger partial charge is 0.457 e. The van der Waals surface area contributed by atoms with E-state index in [0.29, 0.717) is 17.3 Å². The van der Waals surface area contributed by atoms with Crippen LogP contribution in [-0.4, -0.2) is 46.7 Å². The van der Waals surface area contributed by atoms with Crippen molar-refractivity contribution in [1.82, 2.24) is 19.8 Å². The van der Waals surface area contributed by atoms with Crippen molar-refractivity contribution >= 4 is 28.8 Å². The number of anilines is 1. The van der Waals surface area contributed by atoms with E-state index in [1.54, 1.807) is 29.1 Å². The second-order valence-electron chi connectivity index (χ2n) is 6.57. The summed E-state index contributed by atoms with van der Waals surface area (Å²) in [5, 5.41) is 5.99. The minimum atomic E-state index is -0.352. The van der Waals surface area contributed by atoms with Crippen LogP contribution in [0.5, 0.6) is 11.5 Å². The monoisotopic (exact) mass is 379 g/mol. The Balaban J connectivity index is 1.53. The van der Waals surface area contributed by atoms with Gasteiger partial charge in [-0.3, -0.25) is 9.88 Å². The van der Waals surface area contributed by atoms with Crippen LogP contribution in [0.2, 0.25) is 0 Å². The second-order valence-corrected chi connectivity index (χ2v) is 6.57. The van der Waals surface area contributed by atoms with Gasteiger partial charge in [-0.25, -0.2) is 14.6 Å². The number of nitrogens with zero attached hydrogens (tertiary/aromatic N) is 3. The molecule has 0 aliphatic carbocycles. The van der Waals surface area contributed by atoms with Gasteiger partial charge in [-0.15, -0.1) is 0 Å². The van der Waals surface area contributed by atoms with Crippen LogP contribution in [0.4, 0.5) is 15.4 Å². The molecular formula is C20H21N5O3. The minimum absolute atomic E-state index is 0.0141. The first kappa shape index (κ1) is 17.8. The summed E-state index contributed by atoms with van der Waals surface area (Å²) < 4.78 is 7.58. The van der Waals surface area contributed by atoms with Crippen molar-refractivity contribution in [2.24, 2.45) is 0 Å². The number of urea groups is 1. The van der Waals surface area contributed by atoms with Gasteiger partial charge in [0.15, 0.2) is 0 Å². The molecule has 1 aliphatic rings. The van der Waals surface area contributed by atoms with Gasteiger partial charge in [0.2, 0.25) is 0 Å². The molecule has 2 N–H and O–H groups in total. The van der Waals surface area contributed by atoms with Crippen LogP contribution in [0, 0.1) is 0 Å². The molecule has 0 saturated carbocycles. The number of hydrogen-bond acceptors (Lipinski definition) is 4. The van der Waals surface area contributed by atoms with Crippen molar-refractivity contribution in [3.05, 3.63) is 48.8 Å². The summed E-state index contributed by atoms with van der Waals surface area (Å²) in [6, 6.07) is 10.5. The van der Waals surface area contributed by atoms with Crippen LogP contribution in [0.25, 0.3) is 10.9 Å². The van der Waals surface area contributed by atoms with E-state index in [-0.39, 0.29) is 12.1 Å². The fourth-order valence-electron chi connectivity index (χ4n) is 3.27. The zero-order valence-electron chi connectivity index (χ0n) is 15.5. The summed E-state index contributed by atoms with van der Waals surface area (Å²) in [7, 11) is 1.53. The van der Waals surface area contributed by atoms with Crippen molar-refractivity contribution in [2.45, 2.75) is 12.8 Å². The van der Waals surface area contributed by atoms with Gasteiger partial charge in [-0.2, -0.15) is 0 Å². The molecule has 3 heterocycles. The Morgan fingerprint density at radius 1 is 1.07 bits per heavy atom. The molecule has 3 aromatic rings. The molecule has 0 atom stereocenters. The fourth-order valence-corrected chi connectivity index (χ4v) is 3.27. The summed E-state index contributed by atoms with van der Waals surface area (Å²) in [5.41, 5.74) is 0.848. The number of likely N-dealkylation sites (tertiary alicyclic amines) is 1. The first-order valence-corrected chi connectivity index (χ1v) is 9.17. The number of amides is 3. The summed E-state index contributed by atoms with van der Waals surface area (Å²) in [6.07, 6.45) is 5.48. The van der Waals surface area contributed by atoms with Crippen LogP contribution >= 0.6 is 0 Å². The average molecular weight is 379 g/mol. The highest BCUT2D eigenvalue weighted by Gasteiger charge is 2.20. The zero-order valence-corrected chi connectivity index (χ0v) is 15.5. The molecule has 144 valence electrons. The predicted molar refractivity (Wildman–Crippen MR) is 106 cm³/mol. The first-order valence-electron chi connectivity index (χ1n) is 9.17. The van der Waals surface area contributed by atoms with Crippen LogP contribution in [0.3, 0.4) is 0 Å². The summed E-state index contributed by atoms with van der Waals surface area (Å²) in [5.74, 6) is 1.57. The van der Waals surface area contributed by atoms with E-state index in [4.69, 9.17) is 4.74 Å². The number of ether oxygens (including phenoxy) is 1. The normalized spacial score (nSPS) is 13.5. The molecule has 1 saturated heterocycles. The number of hydrogen-bond donors (Lipinski definition) is 2. The Morgan fingerprint density at radius 2 is 1.86 bits per heavy atom. The van der Waals surface area contributed by atoms with Crippen LogP contribution in [0.15, 0.2) is 48.8 Å². The van der Waals surface area contributed by atoms with Crippen LogP contribution in [0.1, 0.15) is 12.8 Å². The lowest BCUT2D eigenvalue weighted by molar-refractivity contribution is 0.211. The lowest BCUT2D eigenvalue weighted by atomic mass is 10.2. The summed E-state index contributed by atoms with van der Waals surface area (Å²) >= 11 is 0. The third-order valence-corrected chi connectivity index (χ3v) is 4.68. The van der Waals surface area contributed by atoms with E-state index >= 15 is 0 Å². The average Bonchev–Trinajstić information content (AvgIpc) is 3.37. The van der Waals surface area contributed by atoms with Crippen LogP contribution in [-0.2, 0) is 0 Å². The molecule has 3 amide bonds. The molecular weight excluding hydrogens is 358 g/mol. The van der Waals surface area contributed by atoms with Crippen molar-refractivity contribution in [3.63, 3.8) is 0 Å². The minimum Gasteiger partial charge on any atom is -0.457 e. The van der Waals surface area contributed by atoms with Crippen molar-refractivity contribution in [3.8, 4) is 11.5 Å². The quantitative estimate of drug-likeness (QED) is 0.727. The third-order valence-electron chi connectivity index (χ3n) is 4.68. The van der Waals surface area contributed by atoms with Gasteiger partial charge in [0.25, 0.3) is 0 Å². The van der Waals surface area contributed by atoms with Gasteiger partial charge < -0.3 is 15.0 Å². The highest BCUT2D eigenvalue weighted by atomic mass is 16.5. The fraction of sp³-hybridized carbons (Fsp3) is 0.250. The number of carbonyl (C=O) groups is 2. The zero-order chi connectivity index (χ0) is 19.5. The molecule has 0 radical (unpaired) electrons. The molecule has 1 aliphatic heterocycles. The number of rotatable bonds is 3. The Kier molecular flexibility index (Phi) is 4.84. The third kappa shape index (κ3) is 3.62. The van der Waals surface area contributed by atoms with E-state index in [0.717, 1.165) is 36.8 Å². The van der Waals surface area contributed by atoms with Gasteiger partial charge in [-0.05, 0) is 43.2 Å². The maximum Gasteiger partial charge on any atom is 0.328 e. The van der Waals surface area contributed by atoms with Crippen molar-refractivity contribution in [2.75, 3.05) is 25.5 Å². The molecule has 0 spiro atoms. The van der Waals surface area contributed by atoms with E-state index < -0.39 is 0 Å². The van der Waals surface area contributed by atoms with E-state index in [1.807, 2.05) is 29.2 Å². The Bertz CT molecular complexity index is 1020. The molecule has 0 unspecified atom stereocenters. The molecule has 4 rings (SSSR count). The van der Waals surface area contributed by atoms with Crippen molar-refractivity contribution in [1.29, 1.82) is 0 Å². The van der Waals surface area contributed by atoms with Gasteiger partial charge in [-0.1, -0.05) is 0 Å². The van der Waals surface area contributed by atoms with E-state index in [2.05, 4.69) is 15.6 Å². The lowest BCUT2D eigenvalue weighted by Gasteiger charge is -2.16. The van der Waals surface area contributed by atoms with Gasteiger partial charge in [0.1, 0.15) is 17.3 Å². The first-order chi connectivity index (χ1) is 13.6. The molecule has 8 heteroatoms. The Hall–Kier alpha value is -3.55. The van der Waals surface area contributed by atoms with Gasteiger partial charge >= 0.3 is 12.1 Å². The lowest BCUT2D eigenvalue weighted by Crippen LogP contribution is -2.31. The molecule has 0 bridgehead atoms. The summed E-state index contributed by atoms with van der Waals surface area (Å²) in [4.78, 5) is 30.0. The Morgan fingerprint density at radius 3 is 2.64 bits per heavy atom. The highest BCUT2D eigenvalue weighted by molar-refractivity contribution is 5.92. The van der Waals surface area contributed by atoms with E-state index in [1.165, 1.54) is 7.05 Å². The van der Waals surface area contributed by atoms with Gasteiger partial charge in [0, 0.05) is 44.0 Å². The maximum atomic E-state index is 12.7. The van der Waals surface area contributed by atoms with Crippen molar-refractivity contribution < 1.29 is 14.3 Å². The number of pyridine rings is 1. The number of aromatic nitrogens is 2. The highest BCUT2D eigenvalue weighted by Crippen LogP contribution is 2.27. The van der Waals surface area contributed by atoms with Crippen LogP contribution < -0.4 is 15.4 Å². The molecule has 28 heavy (non-hydrogen) atoms. The maximum absolute atomic E-state index is 12.7. The Labute approximate surface area is 162 Å². The number of nitrogens with one attached hydrogen (secondary N) is 2. The SMILES string of the molecule is CNC(=O)Nc1cc(Oc2ccc3c(ccn3C(=O)N3CCCC3)c2)ccn1. The number of fused-ring (bicyclic) bond motifs is 1. The molecule has 8 nitrogen and oxygen atoms in total.